The number of ether oxygens (including phenoxy) is 2. The van der Waals surface area contributed by atoms with E-state index in [4.69, 9.17) is 14.5 Å². The number of imidazole rings is 1. The highest BCUT2D eigenvalue weighted by Crippen LogP contribution is 2.33. The molecule has 0 aliphatic carbocycles. The Morgan fingerprint density at radius 3 is 2.58 bits per heavy atom. The topological polar surface area (TPSA) is 65.4 Å². The van der Waals surface area contributed by atoms with Gasteiger partial charge in [0.05, 0.1) is 25.3 Å². The van der Waals surface area contributed by atoms with E-state index < -0.39 is 0 Å². The quantitative estimate of drug-likeness (QED) is 0.412. The molecule has 158 valence electrons. The van der Waals surface area contributed by atoms with Gasteiger partial charge in [0.1, 0.15) is 12.4 Å². The molecule has 0 aliphatic rings. The fourth-order valence-electron chi connectivity index (χ4n) is 3.48. The van der Waals surface area contributed by atoms with E-state index in [1.807, 2.05) is 77.6 Å². The van der Waals surface area contributed by atoms with Crippen molar-refractivity contribution in [3.8, 4) is 22.9 Å². The molecule has 6 nitrogen and oxygen atoms in total. The SMILES string of the molecule is COc1ccc(-c2nc3ccccc3n2CC(=O)Nc2cccc(SC)c2)cc1OC. The maximum Gasteiger partial charge on any atom is 0.244 e. The number of hydrogen-bond acceptors (Lipinski definition) is 5. The van der Waals surface area contributed by atoms with Crippen LogP contribution in [-0.4, -0.2) is 35.9 Å². The maximum atomic E-state index is 12.9. The molecule has 7 heteroatoms. The molecule has 4 rings (SSSR count). The number of carbonyl (C=O) groups excluding carboxylic acids is 1. The molecule has 0 spiro atoms. The number of rotatable bonds is 7. The fourth-order valence-corrected chi connectivity index (χ4v) is 3.94. The molecule has 1 heterocycles. The number of para-hydroxylation sites is 2. The molecule has 4 aromatic rings. The number of nitrogens with zero attached hydrogens (tertiary/aromatic N) is 2. The number of aromatic nitrogens is 2. The van der Waals surface area contributed by atoms with Gasteiger partial charge >= 0.3 is 0 Å². The molecule has 0 fully saturated rings. The molecule has 0 unspecified atom stereocenters. The number of carbonyl (C=O) groups is 1. The van der Waals surface area contributed by atoms with Crippen LogP contribution in [0.1, 0.15) is 0 Å². The molecule has 1 amide bonds. The second kappa shape index (κ2) is 9.14. The van der Waals surface area contributed by atoms with Crippen LogP contribution in [0.25, 0.3) is 22.4 Å². The number of thioether (sulfide) groups is 1. The highest BCUT2D eigenvalue weighted by atomic mass is 32.2. The minimum absolute atomic E-state index is 0.122. The second-order valence-corrected chi connectivity index (χ2v) is 7.74. The average Bonchev–Trinajstić information content (AvgIpc) is 3.16. The summed E-state index contributed by atoms with van der Waals surface area (Å²) >= 11 is 1.63. The third kappa shape index (κ3) is 4.36. The van der Waals surface area contributed by atoms with E-state index in [-0.39, 0.29) is 12.5 Å². The lowest BCUT2D eigenvalue weighted by atomic mass is 10.2. The van der Waals surface area contributed by atoms with Crippen molar-refractivity contribution in [2.45, 2.75) is 11.4 Å². The fraction of sp³-hybridized carbons (Fsp3) is 0.167. The van der Waals surface area contributed by atoms with Gasteiger partial charge in [-0.2, -0.15) is 0 Å². The minimum Gasteiger partial charge on any atom is -0.493 e. The van der Waals surface area contributed by atoms with Gasteiger partial charge in [0.15, 0.2) is 11.5 Å². The van der Waals surface area contributed by atoms with Gasteiger partial charge in [0, 0.05) is 16.1 Å². The van der Waals surface area contributed by atoms with E-state index in [2.05, 4.69) is 5.32 Å². The van der Waals surface area contributed by atoms with E-state index in [0.717, 1.165) is 27.2 Å². The van der Waals surface area contributed by atoms with Crippen molar-refractivity contribution in [2.24, 2.45) is 0 Å². The molecule has 0 bridgehead atoms. The van der Waals surface area contributed by atoms with Crippen LogP contribution in [-0.2, 0) is 11.3 Å². The average molecular weight is 434 g/mol. The summed E-state index contributed by atoms with van der Waals surface area (Å²) in [5.74, 6) is 1.82. The van der Waals surface area contributed by atoms with Crippen molar-refractivity contribution >= 4 is 34.4 Å². The number of hydrogen-bond donors (Lipinski definition) is 1. The zero-order chi connectivity index (χ0) is 21.8. The van der Waals surface area contributed by atoms with Crippen molar-refractivity contribution in [3.05, 3.63) is 66.7 Å². The van der Waals surface area contributed by atoms with Gasteiger partial charge in [-0.3, -0.25) is 4.79 Å². The molecule has 1 aromatic heterocycles. The van der Waals surface area contributed by atoms with E-state index in [1.165, 1.54) is 0 Å². The van der Waals surface area contributed by atoms with Gasteiger partial charge in [-0.25, -0.2) is 4.98 Å². The maximum absolute atomic E-state index is 12.9. The van der Waals surface area contributed by atoms with Crippen LogP contribution in [0, 0.1) is 0 Å². The van der Waals surface area contributed by atoms with Gasteiger partial charge in [0.2, 0.25) is 5.91 Å². The lowest BCUT2D eigenvalue weighted by Gasteiger charge is -2.12. The van der Waals surface area contributed by atoms with Gasteiger partial charge < -0.3 is 19.4 Å². The Kier molecular flexibility index (Phi) is 6.13. The molecule has 0 atom stereocenters. The Morgan fingerprint density at radius 2 is 1.81 bits per heavy atom. The summed E-state index contributed by atoms with van der Waals surface area (Å²) < 4.78 is 12.7. The molecule has 0 aliphatic heterocycles. The normalized spacial score (nSPS) is 10.8. The van der Waals surface area contributed by atoms with Crippen molar-refractivity contribution in [3.63, 3.8) is 0 Å². The van der Waals surface area contributed by atoms with Crippen LogP contribution in [0.15, 0.2) is 71.6 Å². The van der Waals surface area contributed by atoms with Crippen LogP contribution in [0.4, 0.5) is 5.69 Å². The van der Waals surface area contributed by atoms with Crippen LogP contribution in [0.3, 0.4) is 0 Å². The van der Waals surface area contributed by atoms with Crippen LogP contribution in [0.2, 0.25) is 0 Å². The molecule has 0 saturated heterocycles. The zero-order valence-corrected chi connectivity index (χ0v) is 18.4. The van der Waals surface area contributed by atoms with E-state index in [1.54, 1.807) is 26.0 Å². The lowest BCUT2D eigenvalue weighted by Crippen LogP contribution is -2.19. The Labute approximate surface area is 185 Å². The molecule has 1 N–H and O–H groups in total. The Hall–Kier alpha value is -3.45. The molecular formula is C24H23N3O3S. The van der Waals surface area contributed by atoms with Crippen LogP contribution in [0.5, 0.6) is 11.5 Å². The molecular weight excluding hydrogens is 410 g/mol. The molecule has 0 radical (unpaired) electrons. The summed E-state index contributed by atoms with van der Waals surface area (Å²) in [6.45, 7) is 0.133. The van der Waals surface area contributed by atoms with E-state index in [0.29, 0.717) is 17.3 Å². The third-order valence-electron chi connectivity index (χ3n) is 4.95. The number of nitrogens with one attached hydrogen (secondary N) is 1. The number of benzene rings is 3. The van der Waals surface area contributed by atoms with Gasteiger partial charge in [0.25, 0.3) is 0 Å². The predicted molar refractivity (Wildman–Crippen MR) is 125 cm³/mol. The highest BCUT2D eigenvalue weighted by molar-refractivity contribution is 7.98. The van der Waals surface area contributed by atoms with Gasteiger partial charge in [-0.1, -0.05) is 18.2 Å². The van der Waals surface area contributed by atoms with Crippen LogP contribution < -0.4 is 14.8 Å². The van der Waals surface area contributed by atoms with E-state index in [9.17, 15) is 4.79 Å². The predicted octanol–water partition coefficient (Wildman–Crippen LogP) is 5.08. The number of fused-ring (bicyclic) bond motifs is 1. The summed E-state index contributed by atoms with van der Waals surface area (Å²) in [7, 11) is 3.20. The standard InChI is InChI=1S/C24H23N3O3S/c1-29-21-12-11-16(13-22(21)30-2)24-26-19-9-4-5-10-20(19)27(24)15-23(28)25-17-7-6-8-18(14-17)31-3/h4-14H,15H2,1-3H3,(H,25,28). The minimum atomic E-state index is -0.122. The first-order valence-corrected chi connectivity index (χ1v) is 11.0. The third-order valence-corrected chi connectivity index (χ3v) is 5.68. The molecule has 3 aromatic carbocycles. The molecule has 0 saturated carbocycles. The molecule has 31 heavy (non-hydrogen) atoms. The second-order valence-electron chi connectivity index (χ2n) is 6.86. The summed E-state index contributed by atoms with van der Waals surface area (Å²) in [4.78, 5) is 18.8. The number of methoxy groups -OCH3 is 2. The van der Waals surface area contributed by atoms with Gasteiger partial charge in [-0.05, 0) is 54.8 Å². The first-order chi connectivity index (χ1) is 15.1. The largest absolute Gasteiger partial charge is 0.493 e. The van der Waals surface area contributed by atoms with Crippen molar-refractivity contribution in [2.75, 3.05) is 25.8 Å². The Morgan fingerprint density at radius 1 is 1.00 bits per heavy atom. The van der Waals surface area contributed by atoms with Gasteiger partial charge in [-0.15, -0.1) is 11.8 Å². The Balaban J connectivity index is 1.71. The first-order valence-electron chi connectivity index (χ1n) is 9.74. The smallest absolute Gasteiger partial charge is 0.244 e. The van der Waals surface area contributed by atoms with Crippen molar-refractivity contribution < 1.29 is 14.3 Å². The summed E-state index contributed by atoms with van der Waals surface area (Å²) in [6, 6.07) is 21.2. The summed E-state index contributed by atoms with van der Waals surface area (Å²) in [5.41, 5.74) is 3.32. The number of amides is 1. The summed E-state index contributed by atoms with van der Waals surface area (Å²) in [6.07, 6.45) is 2.01. The highest BCUT2D eigenvalue weighted by Gasteiger charge is 2.17. The zero-order valence-electron chi connectivity index (χ0n) is 17.6. The number of anilines is 1. The van der Waals surface area contributed by atoms with E-state index >= 15 is 0 Å². The van der Waals surface area contributed by atoms with Crippen molar-refractivity contribution in [1.29, 1.82) is 0 Å². The Bertz CT molecular complexity index is 1240. The van der Waals surface area contributed by atoms with Crippen LogP contribution >= 0.6 is 11.8 Å². The monoisotopic (exact) mass is 433 g/mol. The summed E-state index contributed by atoms with van der Waals surface area (Å²) in [5, 5.41) is 2.99. The van der Waals surface area contributed by atoms with Crippen molar-refractivity contribution in [1.82, 2.24) is 9.55 Å². The lowest BCUT2D eigenvalue weighted by molar-refractivity contribution is -0.116. The first kappa shape index (κ1) is 20.8.